The Balaban J connectivity index is 1.85. The van der Waals surface area contributed by atoms with Crippen molar-refractivity contribution >= 4 is 39.2 Å². The number of thioether (sulfide) groups is 1. The molecular formula is C19H25N3O2S2. The Hall–Kier alpha value is -1.60. The summed E-state index contributed by atoms with van der Waals surface area (Å²) in [4.78, 5) is 32.0. The van der Waals surface area contributed by atoms with E-state index in [1.807, 2.05) is 6.92 Å². The van der Waals surface area contributed by atoms with Gasteiger partial charge in [0.1, 0.15) is 4.83 Å². The minimum absolute atomic E-state index is 0.00319. The van der Waals surface area contributed by atoms with Gasteiger partial charge in [0, 0.05) is 17.5 Å². The number of hydrogen-bond donors (Lipinski definition) is 1. The molecule has 3 rings (SSSR count). The molecule has 0 aromatic carbocycles. The van der Waals surface area contributed by atoms with Crippen LogP contribution >= 0.6 is 23.1 Å². The van der Waals surface area contributed by atoms with Crippen molar-refractivity contribution in [3.05, 3.63) is 33.4 Å². The smallest absolute Gasteiger partial charge is 0.263 e. The summed E-state index contributed by atoms with van der Waals surface area (Å²) in [6.07, 6.45) is 6.82. The Labute approximate surface area is 161 Å². The number of rotatable bonds is 8. The summed E-state index contributed by atoms with van der Waals surface area (Å²) in [5, 5.41) is 4.36. The van der Waals surface area contributed by atoms with Crippen LogP contribution in [0.5, 0.6) is 0 Å². The number of allylic oxidation sites excluding steroid dienone is 1. The van der Waals surface area contributed by atoms with E-state index in [0.717, 1.165) is 42.3 Å². The Morgan fingerprint density at radius 1 is 1.50 bits per heavy atom. The lowest BCUT2D eigenvalue weighted by Gasteiger charge is -2.13. The quantitative estimate of drug-likeness (QED) is 0.425. The van der Waals surface area contributed by atoms with Crippen LogP contribution in [0.1, 0.15) is 43.6 Å². The van der Waals surface area contributed by atoms with Gasteiger partial charge >= 0.3 is 0 Å². The van der Waals surface area contributed by atoms with Crippen LogP contribution < -0.4 is 10.9 Å². The first kappa shape index (κ1) is 19.2. The maximum absolute atomic E-state index is 13.0. The third kappa shape index (κ3) is 3.88. The van der Waals surface area contributed by atoms with E-state index in [1.165, 1.54) is 22.2 Å². The molecule has 0 radical (unpaired) electrons. The van der Waals surface area contributed by atoms with Gasteiger partial charge in [-0.05, 0) is 38.2 Å². The number of fused-ring (bicyclic) bond motifs is 3. The van der Waals surface area contributed by atoms with Crippen LogP contribution in [-0.4, -0.2) is 27.3 Å². The van der Waals surface area contributed by atoms with Crippen LogP contribution in [0.15, 0.2) is 22.6 Å². The molecule has 5 nitrogen and oxygen atoms in total. The van der Waals surface area contributed by atoms with Crippen LogP contribution in [0.4, 0.5) is 0 Å². The third-order valence-electron chi connectivity index (χ3n) is 4.56. The molecule has 140 valence electrons. The first-order chi connectivity index (χ1) is 12.5. The van der Waals surface area contributed by atoms with E-state index in [4.69, 9.17) is 4.98 Å². The summed E-state index contributed by atoms with van der Waals surface area (Å²) >= 11 is 2.95. The van der Waals surface area contributed by atoms with Crippen LogP contribution in [0.2, 0.25) is 0 Å². The van der Waals surface area contributed by atoms with E-state index in [2.05, 4.69) is 18.8 Å². The van der Waals surface area contributed by atoms with Crippen molar-refractivity contribution in [1.29, 1.82) is 0 Å². The number of nitrogens with zero attached hydrogens (tertiary/aromatic N) is 2. The molecule has 1 unspecified atom stereocenters. The maximum Gasteiger partial charge on any atom is 0.263 e. The molecule has 0 saturated carbocycles. The molecular weight excluding hydrogens is 366 g/mol. The van der Waals surface area contributed by atoms with Gasteiger partial charge in [-0.15, -0.1) is 17.9 Å². The fourth-order valence-corrected chi connectivity index (χ4v) is 5.53. The molecule has 0 spiro atoms. The summed E-state index contributed by atoms with van der Waals surface area (Å²) in [7, 11) is 0. The highest BCUT2D eigenvalue weighted by Crippen LogP contribution is 2.35. The number of thiophene rings is 1. The molecule has 1 amide bonds. The summed E-state index contributed by atoms with van der Waals surface area (Å²) in [5.74, 6) is 0.234. The predicted molar refractivity (Wildman–Crippen MR) is 109 cm³/mol. The third-order valence-corrected chi connectivity index (χ3v) is 6.73. The zero-order valence-electron chi connectivity index (χ0n) is 15.3. The molecule has 1 atom stereocenters. The Bertz CT molecular complexity index is 885. The first-order valence-corrected chi connectivity index (χ1v) is 10.9. The molecule has 2 heterocycles. The molecule has 2 aromatic rings. The summed E-state index contributed by atoms with van der Waals surface area (Å²) in [6.45, 7) is 8.28. The van der Waals surface area contributed by atoms with Gasteiger partial charge in [-0.25, -0.2) is 4.98 Å². The molecule has 26 heavy (non-hydrogen) atoms. The second kappa shape index (κ2) is 8.39. The van der Waals surface area contributed by atoms with Crippen molar-refractivity contribution in [2.75, 3.05) is 5.75 Å². The normalized spacial score (nSPS) is 14.4. The Morgan fingerprint density at radius 3 is 3.04 bits per heavy atom. The van der Waals surface area contributed by atoms with E-state index >= 15 is 0 Å². The maximum atomic E-state index is 13.0. The number of amides is 1. The van der Waals surface area contributed by atoms with Gasteiger partial charge in [0.15, 0.2) is 5.16 Å². The number of nitrogens with one attached hydrogen (secondary N) is 1. The van der Waals surface area contributed by atoms with Crippen molar-refractivity contribution in [3.63, 3.8) is 0 Å². The lowest BCUT2D eigenvalue weighted by atomic mass is 10.2. The monoisotopic (exact) mass is 391 g/mol. The largest absolute Gasteiger partial charge is 0.353 e. The molecule has 0 bridgehead atoms. The molecule has 7 heteroatoms. The lowest BCUT2D eigenvalue weighted by molar-refractivity contribution is -0.119. The number of hydrogen-bond acceptors (Lipinski definition) is 5. The Morgan fingerprint density at radius 2 is 2.31 bits per heavy atom. The fraction of sp³-hybridized carbons (Fsp3) is 0.526. The van der Waals surface area contributed by atoms with Crippen LogP contribution in [0.3, 0.4) is 0 Å². The van der Waals surface area contributed by atoms with Gasteiger partial charge in [-0.2, -0.15) is 0 Å². The highest BCUT2D eigenvalue weighted by atomic mass is 32.2. The van der Waals surface area contributed by atoms with Gasteiger partial charge in [0.25, 0.3) is 5.56 Å². The number of aromatic nitrogens is 2. The minimum Gasteiger partial charge on any atom is -0.353 e. The van der Waals surface area contributed by atoms with E-state index in [-0.39, 0.29) is 23.3 Å². The van der Waals surface area contributed by atoms with Crippen LogP contribution in [0.25, 0.3) is 10.2 Å². The SMILES string of the molecule is C=CCn1c(SCC(=O)NC(C)CCC)nc2sc3c(c2c1=O)CCC3. The first-order valence-electron chi connectivity index (χ1n) is 9.13. The van der Waals surface area contributed by atoms with Gasteiger partial charge in [0.05, 0.1) is 11.1 Å². The van der Waals surface area contributed by atoms with E-state index in [9.17, 15) is 9.59 Å². The number of carbonyl (C=O) groups excluding carboxylic acids is 1. The topological polar surface area (TPSA) is 64.0 Å². The average molecular weight is 392 g/mol. The molecule has 0 fully saturated rings. The van der Waals surface area contributed by atoms with Crippen molar-refractivity contribution < 1.29 is 4.79 Å². The minimum atomic E-state index is -0.0240. The Kier molecular flexibility index (Phi) is 6.19. The second-order valence-corrected chi connectivity index (χ2v) is 8.71. The number of aryl methyl sites for hydroxylation is 2. The van der Waals surface area contributed by atoms with Gasteiger partial charge in [-0.1, -0.05) is 31.2 Å². The fourth-order valence-electron chi connectivity index (χ4n) is 3.41. The van der Waals surface area contributed by atoms with Crippen LogP contribution in [0, 0.1) is 0 Å². The highest BCUT2D eigenvalue weighted by molar-refractivity contribution is 7.99. The average Bonchev–Trinajstić information content (AvgIpc) is 3.16. The van der Waals surface area contributed by atoms with Crippen molar-refractivity contribution in [1.82, 2.24) is 14.9 Å². The zero-order valence-corrected chi connectivity index (χ0v) is 17.0. The molecule has 1 N–H and O–H groups in total. The van der Waals surface area contributed by atoms with Crippen molar-refractivity contribution in [3.8, 4) is 0 Å². The molecule has 1 aliphatic rings. The van der Waals surface area contributed by atoms with Crippen molar-refractivity contribution in [2.45, 2.75) is 63.7 Å². The summed E-state index contributed by atoms with van der Waals surface area (Å²) in [6, 6.07) is 0.166. The molecule has 0 saturated heterocycles. The van der Waals surface area contributed by atoms with Crippen molar-refractivity contribution in [2.24, 2.45) is 0 Å². The van der Waals surface area contributed by atoms with E-state index in [1.54, 1.807) is 22.0 Å². The lowest BCUT2D eigenvalue weighted by Crippen LogP contribution is -2.34. The van der Waals surface area contributed by atoms with Gasteiger partial charge in [-0.3, -0.25) is 14.2 Å². The predicted octanol–water partition coefficient (Wildman–Crippen LogP) is 3.53. The standard InChI is InChI=1S/C19H25N3O2S2/c1-4-7-12(3)20-15(23)11-25-19-21-17-16(18(24)22(19)10-5-2)13-8-6-9-14(13)26-17/h5,12H,2,4,6-11H2,1,3H3,(H,20,23). The zero-order chi connectivity index (χ0) is 18.7. The number of carbonyl (C=O) groups is 1. The van der Waals surface area contributed by atoms with E-state index in [0.29, 0.717) is 11.7 Å². The van der Waals surface area contributed by atoms with Crippen LogP contribution in [-0.2, 0) is 24.2 Å². The second-order valence-electron chi connectivity index (χ2n) is 6.68. The van der Waals surface area contributed by atoms with Gasteiger partial charge in [0.2, 0.25) is 5.91 Å². The molecule has 1 aliphatic carbocycles. The van der Waals surface area contributed by atoms with Gasteiger partial charge < -0.3 is 5.32 Å². The highest BCUT2D eigenvalue weighted by Gasteiger charge is 2.23. The summed E-state index contributed by atoms with van der Waals surface area (Å²) < 4.78 is 1.65. The summed E-state index contributed by atoms with van der Waals surface area (Å²) in [5.41, 5.74) is 1.18. The van der Waals surface area contributed by atoms with E-state index < -0.39 is 0 Å². The molecule has 2 aromatic heterocycles. The molecule has 0 aliphatic heterocycles.